The van der Waals surface area contributed by atoms with E-state index in [0.29, 0.717) is 11.4 Å². The number of aromatic hydroxyl groups is 1. The van der Waals surface area contributed by atoms with Gasteiger partial charge in [-0.25, -0.2) is 5.43 Å². The Morgan fingerprint density at radius 3 is 2.54 bits per heavy atom. The van der Waals surface area contributed by atoms with Crippen LogP contribution in [0.3, 0.4) is 0 Å². The van der Waals surface area contributed by atoms with Crippen LogP contribution in [0.25, 0.3) is 0 Å². The van der Waals surface area contributed by atoms with E-state index in [1.165, 1.54) is 12.1 Å². The number of benzene rings is 2. The maximum Gasteiger partial charge on any atom is 0.271 e. The highest BCUT2D eigenvalue weighted by molar-refractivity contribution is 9.10. The summed E-state index contributed by atoms with van der Waals surface area (Å²) in [6, 6.07) is 13.1. The van der Waals surface area contributed by atoms with Crippen LogP contribution in [-0.4, -0.2) is 22.6 Å². The molecular formula is C17H16BrN3O3. The van der Waals surface area contributed by atoms with E-state index >= 15 is 0 Å². The van der Waals surface area contributed by atoms with Crippen molar-refractivity contribution in [3.8, 4) is 5.75 Å². The highest BCUT2D eigenvalue weighted by Crippen LogP contribution is 2.14. The highest BCUT2D eigenvalue weighted by atomic mass is 79.9. The molecule has 2 aromatic carbocycles. The van der Waals surface area contributed by atoms with Gasteiger partial charge in [0.2, 0.25) is 5.91 Å². The summed E-state index contributed by atoms with van der Waals surface area (Å²) in [7, 11) is 0. The van der Waals surface area contributed by atoms with Gasteiger partial charge < -0.3 is 10.4 Å². The van der Waals surface area contributed by atoms with Crippen LogP contribution in [0.15, 0.2) is 58.1 Å². The lowest BCUT2D eigenvalue weighted by molar-refractivity contribution is -0.115. The fraction of sp³-hybridized carbons (Fsp3) is 0.118. The molecule has 24 heavy (non-hydrogen) atoms. The smallest absolute Gasteiger partial charge is 0.271 e. The predicted octanol–water partition coefficient (Wildman–Crippen LogP) is 3.29. The second-order valence-corrected chi connectivity index (χ2v) is 5.99. The number of carbonyl (C=O) groups is 2. The van der Waals surface area contributed by atoms with Gasteiger partial charge in [0.1, 0.15) is 5.75 Å². The van der Waals surface area contributed by atoms with Gasteiger partial charge in [-0.3, -0.25) is 9.59 Å². The van der Waals surface area contributed by atoms with Crippen molar-refractivity contribution in [1.29, 1.82) is 0 Å². The van der Waals surface area contributed by atoms with Crippen LogP contribution in [0, 0.1) is 0 Å². The molecule has 6 nitrogen and oxygen atoms in total. The van der Waals surface area contributed by atoms with Gasteiger partial charge in [-0.15, -0.1) is 0 Å². The van der Waals surface area contributed by atoms with Crippen molar-refractivity contribution in [2.75, 3.05) is 5.32 Å². The average molecular weight is 390 g/mol. The Balaban J connectivity index is 1.87. The second-order valence-electron chi connectivity index (χ2n) is 5.07. The lowest BCUT2D eigenvalue weighted by atomic mass is 10.2. The van der Waals surface area contributed by atoms with Crippen LogP contribution in [0.4, 0.5) is 5.69 Å². The van der Waals surface area contributed by atoms with Gasteiger partial charge in [-0.2, -0.15) is 5.10 Å². The maximum absolute atomic E-state index is 11.9. The molecule has 0 unspecified atom stereocenters. The zero-order valence-corrected chi connectivity index (χ0v) is 14.5. The normalized spacial score (nSPS) is 11.0. The van der Waals surface area contributed by atoms with Crippen molar-refractivity contribution < 1.29 is 14.7 Å². The number of phenols is 1. The van der Waals surface area contributed by atoms with Gasteiger partial charge in [0.05, 0.1) is 6.42 Å². The van der Waals surface area contributed by atoms with Gasteiger partial charge in [0.15, 0.2) is 0 Å². The molecule has 0 atom stereocenters. The average Bonchev–Trinajstić information content (AvgIpc) is 2.54. The molecule has 2 amide bonds. The molecule has 2 rings (SSSR count). The summed E-state index contributed by atoms with van der Waals surface area (Å²) < 4.78 is 0.924. The Morgan fingerprint density at radius 2 is 1.88 bits per heavy atom. The Bertz CT molecular complexity index is 773. The van der Waals surface area contributed by atoms with Crippen LogP contribution in [-0.2, 0) is 4.79 Å². The minimum Gasteiger partial charge on any atom is -0.508 e. The summed E-state index contributed by atoms with van der Waals surface area (Å²) in [4.78, 5) is 23.8. The molecule has 0 saturated carbocycles. The molecule has 0 aromatic heterocycles. The van der Waals surface area contributed by atoms with Gasteiger partial charge >= 0.3 is 0 Å². The minimum absolute atomic E-state index is 0.00257. The Hall–Kier alpha value is -2.67. The fourth-order valence-electron chi connectivity index (χ4n) is 1.87. The van der Waals surface area contributed by atoms with Gasteiger partial charge in [-0.05, 0) is 49.4 Å². The molecule has 7 heteroatoms. The monoisotopic (exact) mass is 389 g/mol. The molecule has 0 aliphatic heterocycles. The van der Waals surface area contributed by atoms with Crippen molar-refractivity contribution >= 4 is 39.1 Å². The number of hydrazone groups is 1. The first kappa shape index (κ1) is 17.7. The Labute approximate surface area is 147 Å². The number of halogens is 1. The van der Waals surface area contributed by atoms with Gasteiger partial charge in [0.25, 0.3) is 5.91 Å². The van der Waals surface area contributed by atoms with E-state index in [4.69, 9.17) is 0 Å². The van der Waals surface area contributed by atoms with Gasteiger partial charge in [-0.1, -0.05) is 22.0 Å². The molecule has 0 bridgehead atoms. The van der Waals surface area contributed by atoms with E-state index in [0.717, 1.165) is 4.47 Å². The van der Waals surface area contributed by atoms with Crippen molar-refractivity contribution in [2.24, 2.45) is 5.10 Å². The molecule has 0 saturated heterocycles. The lowest BCUT2D eigenvalue weighted by Crippen LogP contribution is -2.21. The highest BCUT2D eigenvalue weighted by Gasteiger charge is 2.07. The maximum atomic E-state index is 11.9. The van der Waals surface area contributed by atoms with E-state index in [1.54, 1.807) is 31.2 Å². The number of carbonyl (C=O) groups excluding carboxylic acids is 2. The molecule has 0 heterocycles. The number of hydrogen-bond donors (Lipinski definition) is 3. The standard InChI is InChI=1S/C17H16BrN3O3/c1-11(9-16(23)19-14-7-5-13(18)6-8-14)20-21-17(24)12-3-2-4-15(22)10-12/h2-8,10,22H,9H2,1H3,(H,19,23)(H,21,24)/b20-11-. The summed E-state index contributed by atoms with van der Waals surface area (Å²) in [6.07, 6.45) is 0.0520. The van der Waals surface area contributed by atoms with E-state index in [-0.39, 0.29) is 23.6 Å². The largest absolute Gasteiger partial charge is 0.508 e. The van der Waals surface area contributed by atoms with Crippen molar-refractivity contribution in [1.82, 2.24) is 5.43 Å². The summed E-state index contributed by atoms with van der Waals surface area (Å²) in [5, 5.41) is 16.0. The first-order chi connectivity index (χ1) is 11.4. The number of nitrogens with zero attached hydrogens (tertiary/aromatic N) is 1. The van der Waals surface area contributed by atoms with Gasteiger partial charge in [0, 0.05) is 21.4 Å². The third kappa shape index (κ3) is 5.51. The molecule has 3 N–H and O–H groups in total. The van der Waals surface area contributed by atoms with Crippen molar-refractivity contribution in [3.05, 3.63) is 58.6 Å². The number of rotatable bonds is 5. The van der Waals surface area contributed by atoms with Crippen LogP contribution < -0.4 is 10.7 Å². The van der Waals surface area contributed by atoms with E-state index in [9.17, 15) is 14.7 Å². The minimum atomic E-state index is -0.460. The molecule has 0 spiro atoms. The number of hydrogen-bond acceptors (Lipinski definition) is 4. The molecule has 0 radical (unpaired) electrons. The second kappa shape index (κ2) is 8.26. The molecule has 2 aromatic rings. The van der Waals surface area contributed by atoms with Crippen molar-refractivity contribution in [3.63, 3.8) is 0 Å². The SMILES string of the molecule is C/C(CC(=O)Nc1ccc(Br)cc1)=N/NC(=O)c1cccc(O)c1. The summed E-state index contributed by atoms with van der Waals surface area (Å²) >= 11 is 3.32. The molecule has 0 aliphatic carbocycles. The Morgan fingerprint density at radius 1 is 1.17 bits per heavy atom. The van der Waals surface area contributed by atoms with E-state index < -0.39 is 5.91 Å². The number of anilines is 1. The van der Waals surface area contributed by atoms with Crippen LogP contribution in [0.2, 0.25) is 0 Å². The lowest BCUT2D eigenvalue weighted by Gasteiger charge is -2.06. The number of amides is 2. The molecular weight excluding hydrogens is 374 g/mol. The number of phenolic OH excluding ortho intramolecular Hbond substituents is 1. The first-order valence-corrected chi connectivity index (χ1v) is 7.91. The fourth-order valence-corrected chi connectivity index (χ4v) is 2.13. The Kier molecular flexibility index (Phi) is 6.08. The van der Waals surface area contributed by atoms with Crippen LogP contribution in [0.1, 0.15) is 23.7 Å². The zero-order valence-electron chi connectivity index (χ0n) is 12.9. The first-order valence-electron chi connectivity index (χ1n) is 7.12. The topological polar surface area (TPSA) is 90.8 Å². The third-order valence-electron chi connectivity index (χ3n) is 3.00. The van der Waals surface area contributed by atoms with Crippen molar-refractivity contribution in [2.45, 2.75) is 13.3 Å². The molecule has 124 valence electrons. The third-order valence-corrected chi connectivity index (χ3v) is 3.53. The quantitative estimate of drug-likeness (QED) is 0.541. The molecule has 0 aliphatic rings. The summed E-state index contributed by atoms with van der Waals surface area (Å²) in [6.45, 7) is 1.64. The zero-order chi connectivity index (χ0) is 17.5. The summed E-state index contributed by atoms with van der Waals surface area (Å²) in [5.41, 5.74) is 3.77. The van der Waals surface area contributed by atoms with E-state index in [1.807, 2.05) is 12.1 Å². The number of nitrogens with one attached hydrogen (secondary N) is 2. The van der Waals surface area contributed by atoms with Crippen LogP contribution >= 0.6 is 15.9 Å². The predicted molar refractivity (Wildman–Crippen MR) is 96.1 cm³/mol. The van der Waals surface area contributed by atoms with E-state index in [2.05, 4.69) is 31.8 Å². The summed E-state index contributed by atoms with van der Waals surface area (Å²) in [5.74, 6) is -0.694. The van der Waals surface area contributed by atoms with Crippen LogP contribution in [0.5, 0.6) is 5.75 Å². The molecule has 0 fully saturated rings.